The van der Waals surface area contributed by atoms with Gasteiger partial charge in [0.05, 0.1) is 24.1 Å². The number of nitrogens with one attached hydrogen (secondary N) is 1. The van der Waals surface area contributed by atoms with E-state index >= 15 is 0 Å². The minimum atomic E-state index is -3.59. The molecule has 10 heteroatoms. The second kappa shape index (κ2) is 10.4. The predicted molar refractivity (Wildman–Crippen MR) is 132 cm³/mol. The van der Waals surface area contributed by atoms with Crippen molar-refractivity contribution in [2.75, 3.05) is 45.2 Å². The lowest BCUT2D eigenvalue weighted by Crippen LogP contribution is -2.50. The van der Waals surface area contributed by atoms with E-state index < -0.39 is 10.0 Å². The highest BCUT2D eigenvalue weighted by atomic mass is 32.2. The van der Waals surface area contributed by atoms with Gasteiger partial charge in [0, 0.05) is 31.1 Å². The Morgan fingerprint density at radius 2 is 1.94 bits per heavy atom. The normalized spacial score (nSPS) is 19.3. The monoisotopic (exact) mass is 502 g/mol. The van der Waals surface area contributed by atoms with Gasteiger partial charge in [-0.1, -0.05) is 13.3 Å². The number of nitrogens with zero attached hydrogens (tertiary/aromatic N) is 3. The molecule has 2 heterocycles. The first-order chi connectivity index (χ1) is 16.3. The fourth-order valence-electron chi connectivity index (χ4n) is 4.60. The van der Waals surface area contributed by atoms with Crippen LogP contribution in [0.15, 0.2) is 29.2 Å². The van der Waals surface area contributed by atoms with Crippen molar-refractivity contribution in [3.05, 3.63) is 40.3 Å². The summed E-state index contributed by atoms with van der Waals surface area (Å²) in [4.78, 5) is 16.1. The van der Waals surface area contributed by atoms with E-state index in [9.17, 15) is 18.5 Å². The first-order valence-corrected chi connectivity index (χ1v) is 13.8. The van der Waals surface area contributed by atoms with Crippen LogP contribution in [0.3, 0.4) is 0 Å². The summed E-state index contributed by atoms with van der Waals surface area (Å²) in [6.07, 6.45) is 4.09. The van der Waals surface area contributed by atoms with Gasteiger partial charge in [0.15, 0.2) is 0 Å². The average molecular weight is 503 g/mol. The Labute approximate surface area is 205 Å². The van der Waals surface area contributed by atoms with Crippen molar-refractivity contribution < 1.29 is 17.9 Å². The van der Waals surface area contributed by atoms with E-state index in [0.717, 1.165) is 31.2 Å². The number of ether oxygens (including phenoxy) is 1. The highest BCUT2D eigenvalue weighted by Gasteiger charge is 2.30. The zero-order valence-electron chi connectivity index (χ0n) is 19.5. The van der Waals surface area contributed by atoms with Crippen LogP contribution in [0, 0.1) is 17.2 Å². The van der Waals surface area contributed by atoms with E-state index in [0.29, 0.717) is 48.4 Å². The second-order valence-electron chi connectivity index (χ2n) is 8.74. The Hall–Kier alpha value is -2.45. The Kier molecular flexibility index (Phi) is 7.57. The molecule has 0 saturated carbocycles. The summed E-state index contributed by atoms with van der Waals surface area (Å²) < 4.78 is 32.4. The van der Waals surface area contributed by atoms with Gasteiger partial charge in [-0.25, -0.2) is 8.42 Å². The lowest BCUT2D eigenvalue weighted by molar-refractivity contribution is -0.117. The van der Waals surface area contributed by atoms with E-state index in [2.05, 4.69) is 18.3 Å². The number of hydrogen-bond donors (Lipinski definition) is 1. The zero-order chi connectivity index (χ0) is 24.3. The minimum absolute atomic E-state index is 0.168. The zero-order valence-corrected chi connectivity index (χ0v) is 21.2. The fraction of sp³-hybridized carbons (Fsp3) is 0.500. The molecule has 4 rings (SSSR count). The number of rotatable bonds is 7. The molecule has 0 spiro atoms. The SMILES string of the molecule is CCC1CCc2c(sc(NC(=O)CN3CCN(S(=O)(=O)c4ccc(OC)cc4)CC3)c2C#N)C1. The molecule has 1 unspecified atom stereocenters. The van der Waals surface area contributed by atoms with Crippen LogP contribution >= 0.6 is 11.3 Å². The molecule has 1 fully saturated rings. The van der Waals surface area contributed by atoms with Gasteiger partial charge < -0.3 is 10.1 Å². The molecule has 0 bridgehead atoms. The third kappa shape index (κ3) is 5.13. The quantitative estimate of drug-likeness (QED) is 0.624. The van der Waals surface area contributed by atoms with E-state index in [1.165, 1.54) is 27.6 Å². The van der Waals surface area contributed by atoms with Gasteiger partial charge >= 0.3 is 0 Å². The molecule has 2 aromatic rings. The maximum atomic E-state index is 12.9. The molecule has 1 amide bonds. The number of fused-ring (bicyclic) bond motifs is 1. The van der Waals surface area contributed by atoms with Gasteiger partial charge in [0.25, 0.3) is 0 Å². The number of thiophene rings is 1. The van der Waals surface area contributed by atoms with Crippen LogP contribution in [-0.4, -0.2) is 63.4 Å². The van der Waals surface area contributed by atoms with E-state index in [4.69, 9.17) is 4.74 Å². The Morgan fingerprint density at radius 3 is 2.56 bits per heavy atom. The third-order valence-electron chi connectivity index (χ3n) is 6.71. The molecule has 1 aliphatic heterocycles. The standard InChI is InChI=1S/C24H30N4O4S2/c1-3-17-4-9-20-21(15-25)24(33-22(20)14-17)26-23(29)16-27-10-12-28(13-11-27)34(30,31)19-7-5-18(32-2)6-8-19/h5-8,17H,3-4,9-14,16H2,1-2H3,(H,26,29). The third-order valence-corrected chi connectivity index (χ3v) is 9.79. The molecular formula is C24H30N4O4S2. The molecule has 0 radical (unpaired) electrons. The van der Waals surface area contributed by atoms with Gasteiger partial charge in [-0.15, -0.1) is 11.3 Å². The maximum absolute atomic E-state index is 12.9. The smallest absolute Gasteiger partial charge is 0.243 e. The summed E-state index contributed by atoms with van der Waals surface area (Å²) in [7, 11) is -2.05. The van der Waals surface area contributed by atoms with Crippen molar-refractivity contribution >= 4 is 32.3 Å². The summed E-state index contributed by atoms with van der Waals surface area (Å²) in [5.74, 6) is 1.08. The first kappa shape index (κ1) is 24.7. The molecule has 8 nitrogen and oxygen atoms in total. The lowest BCUT2D eigenvalue weighted by Gasteiger charge is -2.33. The number of piperazine rings is 1. The van der Waals surface area contributed by atoms with E-state index in [-0.39, 0.29) is 17.3 Å². The van der Waals surface area contributed by atoms with Crippen LogP contribution in [0.5, 0.6) is 5.75 Å². The number of carbonyl (C=O) groups excluding carboxylic acids is 1. The molecule has 182 valence electrons. The van der Waals surface area contributed by atoms with Crippen LogP contribution < -0.4 is 10.1 Å². The molecule has 2 aliphatic rings. The van der Waals surface area contributed by atoms with Crippen molar-refractivity contribution in [2.24, 2.45) is 5.92 Å². The number of benzene rings is 1. The molecule has 1 aromatic carbocycles. The lowest BCUT2D eigenvalue weighted by atomic mass is 9.86. The number of nitriles is 1. The van der Waals surface area contributed by atoms with Crippen LogP contribution in [-0.2, 0) is 27.7 Å². The van der Waals surface area contributed by atoms with E-state index in [1.54, 1.807) is 24.3 Å². The number of hydrogen-bond acceptors (Lipinski definition) is 7. The highest BCUT2D eigenvalue weighted by molar-refractivity contribution is 7.89. The number of carbonyl (C=O) groups is 1. The van der Waals surface area contributed by atoms with Gasteiger partial charge in [0.1, 0.15) is 16.8 Å². The van der Waals surface area contributed by atoms with Crippen molar-refractivity contribution in [3.8, 4) is 11.8 Å². The molecule has 1 atom stereocenters. The Morgan fingerprint density at radius 1 is 1.24 bits per heavy atom. The van der Waals surface area contributed by atoms with Crippen molar-refractivity contribution in [2.45, 2.75) is 37.5 Å². The number of anilines is 1. The number of sulfonamides is 1. The minimum Gasteiger partial charge on any atom is -0.497 e. The average Bonchev–Trinajstić information content (AvgIpc) is 3.20. The summed E-state index contributed by atoms with van der Waals surface area (Å²) >= 11 is 1.53. The molecular weight excluding hydrogens is 472 g/mol. The van der Waals surface area contributed by atoms with Gasteiger partial charge in [0.2, 0.25) is 15.9 Å². The number of amides is 1. The number of methoxy groups -OCH3 is 1. The molecule has 1 aromatic heterocycles. The Balaban J connectivity index is 1.34. The summed E-state index contributed by atoms with van der Waals surface area (Å²) in [6.45, 7) is 3.92. The van der Waals surface area contributed by atoms with Gasteiger partial charge in [-0.05, 0) is 55.0 Å². The maximum Gasteiger partial charge on any atom is 0.243 e. The van der Waals surface area contributed by atoms with Crippen LogP contribution in [0.25, 0.3) is 0 Å². The van der Waals surface area contributed by atoms with E-state index in [1.807, 2.05) is 4.90 Å². The van der Waals surface area contributed by atoms with Crippen molar-refractivity contribution in [1.29, 1.82) is 5.26 Å². The summed E-state index contributed by atoms with van der Waals surface area (Å²) in [6, 6.07) is 8.65. The first-order valence-electron chi connectivity index (χ1n) is 11.6. The summed E-state index contributed by atoms with van der Waals surface area (Å²) in [5, 5.41) is 13.3. The Bertz CT molecular complexity index is 1180. The predicted octanol–water partition coefficient (Wildman–Crippen LogP) is 3.09. The molecule has 1 aliphatic carbocycles. The van der Waals surface area contributed by atoms with Gasteiger partial charge in [-0.3, -0.25) is 9.69 Å². The van der Waals surface area contributed by atoms with Crippen molar-refractivity contribution in [1.82, 2.24) is 9.21 Å². The topological polar surface area (TPSA) is 103 Å². The molecule has 1 saturated heterocycles. The van der Waals surface area contributed by atoms with Crippen molar-refractivity contribution in [3.63, 3.8) is 0 Å². The summed E-state index contributed by atoms with van der Waals surface area (Å²) in [5.41, 5.74) is 1.71. The second-order valence-corrected chi connectivity index (χ2v) is 11.8. The van der Waals surface area contributed by atoms with Crippen LogP contribution in [0.2, 0.25) is 0 Å². The molecule has 34 heavy (non-hydrogen) atoms. The largest absolute Gasteiger partial charge is 0.497 e. The highest BCUT2D eigenvalue weighted by Crippen LogP contribution is 2.40. The van der Waals surface area contributed by atoms with Crippen LogP contribution in [0.4, 0.5) is 5.00 Å². The van der Waals surface area contributed by atoms with Gasteiger partial charge in [-0.2, -0.15) is 9.57 Å². The fourth-order valence-corrected chi connectivity index (χ4v) is 7.35. The molecule has 1 N–H and O–H groups in total. The van der Waals surface area contributed by atoms with Crippen LogP contribution in [0.1, 0.15) is 35.8 Å².